The van der Waals surface area contributed by atoms with Crippen LogP contribution in [0.25, 0.3) is 11.1 Å². The molecule has 2 saturated carbocycles. The largest absolute Gasteiger partial charge is 0.330 e. The van der Waals surface area contributed by atoms with Crippen LogP contribution in [0, 0.1) is 0 Å². The SMILES string of the molecule is O=C(c1ccc(C2CCCCC2)cc1)N(Cc1ccc(-c2ccc(CNC3CCCCC3)cc2)cc1)Cc1cccnc1. The van der Waals surface area contributed by atoms with Crippen molar-refractivity contribution in [2.75, 3.05) is 0 Å². The molecule has 0 saturated heterocycles. The Kier molecular flexibility index (Phi) is 9.96. The van der Waals surface area contributed by atoms with Gasteiger partial charge in [-0.15, -0.1) is 0 Å². The molecule has 0 spiro atoms. The molecule has 4 heteroatoms. The van der Waals surface area contributed by atoms with Crippen molar-refractivity contribution < 1.29 is 4.79 Å². The van der Waals surface area contributed by atoms with Gasteiger partial charge in [-0.3, -0.25) is 9.78 Å². The van der Waals surface area contributed by atoms with Crippen molar-refractivity contribution in [2.45, 2.75) is 95.8 Å². The van der Waals surface area contributed by atoms with Gasteiger partial charge in [-0.25, -0.2) is 0 Å². The van der Waals surface area contributed by atoms with Crippen LogP contribution in [0.4, 0.5) is 0 Å². The van der Waals surface area contributed by atoms with Gasteiger partial charge in [0.05, 0.1) is 0 Å². The number of nitrogens with zero attached hydrogens (tertiary/aromatic N) is 2. The highest BCUT2D eigenvalue weighted by Crippen LogP contribution is 2.33. The standard InChI is InChI=1S/C39H45N3O/c43-39(37-23-21-36(22-24-37)33-9-3-1-4-10-33)42(29-32-8-7-25-40-26-32)28-31-15-19-35(20-16-31)34-17-13-30(14-18-34)27-41-38-11-5-2-6-12-38/h7-8,13-26,33,38,41H,1-6,9-12,27-29H2. The van der Waals surface area contributed by atoms with Gasteiger partial charge in [0, 0.05) is 43.6 Å². The molecular weight excluding hydrogens is 526 g/mol. The molecule has 4 aromatic rings. The summed E-state index contributed by atoms with van der Waals surface area (Å²) >= 11 is 0. The van der Waals surface area contributed by atoms with E-state index in [1.807, 2.05) is 35.4 Å². The van der Waals surface area contributed by atoms with Crippen LogP contribution in [0.3, 0.4) is 0 Å². The van der Waals surface area contributed by atoms with E-state index >= 15 is 0 Å². The fourth-order valence-electron chi connectivity index (χ4n) is 6.83. The summed E-state index contributed by atoms with van der Waals surface area (Å²) < 4.78 is 0. The molecule has 0 bridgehead atoms. The number of hydrogen-bond acceptors (Lipinski definition) is 3. The lowest BCUT2D eigenvalue weighted by Crippen LogP contribution is -2.30. The van der Waals surface area contributed by atoms with Crippen molar-refractivity contribution in [3.05, 3.63) is 125 Å². The third-order valence-corrected chi connectivity index (χ3v) is 9.43. The third kappa shape index (κ3) is 8.00. The van der Waals surface area contributed by atoms with Crippen LogP contribution in [-0.2, 0) is 19.6 Å². The summed E-state index contributed by atoms with van der Waals surface area (Å²) in [5, 5.41) is 3.74. The summed E-state index contributed by atoms with van der Waals surface area (Å²) in [5.74, 6) is 0.692. The van der Waals surface area contributed by atoms with E-state index in [1.165, 1.54) is 86.5 Å². The maximum Gasteiger partial charge on any atom is 0.254 e. The molecule has 4 nitrogen and oxygen atoms in total. The van der Waals surface area contributed by atoms with Gasteiger partial charge < -0.3 is 10.2 Å². The molecule has 0 radical (unpaired) electrons. The van der Waals surface area contributed by atoms with E-state index in [4.69, 9.17) is 0 Å². The molecule has 2 aliphatic rings. The minimum Gasteiger partial charge on any atom is -0.330 e. The number of hydrogen-bond donors (Lipinski definition) is 1. The van der Waals surface area contributed by atoms with Gasteiger partial charge in [-0.2, -0.15) is 0 Å². The van der Waals surface area contributed by atoms with E-state index in [1.54, 1.807) is 6.20 Å². The molecule has 1 aromatic heterocycles. The molecule has 43 heavy (non-hydrogen) atoms. The second-order valence-corrected chi connectivity index (χ2v) is 12.6. The highest BCUT2D eigenvalue weighted by Gasteiger charge is 2.20. The monoisotopic (exact) mass is 571 g/mol. The van der Waals surface area contributed by atoms with Gasteiger partial charge in [0.2, 0.25) is 0 Å². The summed E-state index contributed by atoms with van der Waals surface area (Å²) in [5.41, 5.74) is 8.02. The Morgan fingerprint density at radius 1 is 0.674 bits per heavy atom. The second-order valence-electron chi connectivity index (χ2n) is 12.6. The minimum atomic E-state index is 0.0561. The maximum atomic E-state index is 13.8. The van der Waals surface area contributed by atoms with Gasteiger partial charge >= 0.3 is 0 Å². The number of carbonyl (C=O) groups excluding carboxylic acids is 1. The minimum absolute atomic E-state index is 0.0561. The number of amides is 1. The maximum absolute atomic E-state index is 13.8. The Morgan fingerprint density at radius 2 is 1.28 bits per heavy atom. The number of nitrogens with one attached hydrogen (secondary N) is 1. The Morgan fingerprint density at radius 3 is 1.91 bits per heavy atom. The summed E-state index contributed by atoms with van der Waals surface area (Å²) in [6.45, 7) is 2.01. The summed E-state index contributed by atoms with van der Waals surface area (Å²) in [4.78, 5) is 20.0. The molecule has 0 atom stereocenters. The molecular formula is C39H45N3O. The molecule has 3 aromatic carbocycles. The highest BCUT2D eigenvalue weighted by atomic mass is 16.2. The number of carbonyl (C=O) groups is 1. The van der Waals surface area contributed by atoms with Gasteiger partial charge in [-0.05, 0) is 83.2 Å². The van der Waals surface area contributed by atoms with Crippen LogP contribution < -0.4 is 5.32 Å². The lowest BCUT2D eigenvalue weighted by atomic mass is 9.84. The van der Waals surface area contributed by atoms with Crippen molar-refractivity contribution in [2.24, 2.45) is 0 Å². The molecule has 222 valence electrons. The molecule has 0 unspecified atom stereocenters. The molecule has 1 heterocycles. The van der Waals surface area contributed by atoms with E-state index < -0.39 is 0 Å². The van der Waals surface area contributed by atoms with E-state index in [2.05, 4.69) is 71.0 Å². The Hall–Kier alpha value is -3.76. The van der Waals surface area contributed by atoms with Crippen LogP contribution in [-0.4, -0.2) is 21.8 Å². The first-order chi connectivity index (χ1) is 21.2. The highest BCUT2D eigenvalue weighted by molar-refractivity contribution is 5.94. The Bertz CT molecular complexity index is 1420. The first-order valence-corrected chi connectivity index (χ1v) is 16.4. The van der Waals surface area contributed by atoms with E-state index in [-0.39, 0.29) is 5.91 Å². The first kappa shape index (κ1) is 29.3. The Balaban J connectivity index is 1.12. The molecule has 1 amide bonds. The van der Waals surface area contributed by atoms with Crippen molar-refractivity contribution in [3.8, 4) is 11.1 Å². The summed E-state index contributed by atoms with van der Waals surface area (Å²) in [7, 11) is 0. The van der Waals surface area contributed by atoms with Gasteiger partial charge in [0.25, 0.3) is 5.91 Å². The number of pyridine rings is 1. The zero-order valence-electron chi connectivity index (χ0n) is 25.4. The van der Waals surface area contributed by atoms with Crippen molar-refractivity contribution in [1.29, 1.82) is 0 Å². The van der Waals surface area contributed by atoms with Gasteiger partial charge in [-0.1, -0.05) is 105 Å². The average molecular weight is 572 g/mol. The fourth-order valence-corrected chi connectivity index (χ4v) is 6.83. The van der Waals surface area contributed by atoms with Gasteiger partial charge in [0.15, 0.2) is 0 Å². The molecule has 6 rings (SSSR count). The van der Waals surface area contributed by atoms with Crippen LogP contribution in [0.15, 0.2) is 97.3 Å². The summed E-state index contributed by atoms with van der Waals surface area (Å²) in [6, 6.07) is 30.7. The lowest BCUT2D eigenvalue weighted by Gasteiger charge is -2.24. The smallest absolute Gasteiger partial charge is 0.254 e. The predicted molar refractivity (Wildman–Crippen MR) is 176 cm³/mol. The van der Waals surface area contributed by atoms with E-state index in [0.717, 1.165) is 23.2 Å². The van der Waals surface area contributed by atoms with Crippen LogP contribution >= 0.6 is 0 Å². The first-order valence-electron chi connectivity index (χ1n) is 16.4. The third-order valence-electron chi connectivity index (χ3n) is 9.43. The number of benzene rings is 3. The topological polar surface area (TPSA) is 45.2 Å². The number of aromatic nitrogens is 1. The van der Waals surface area contributed by atoms with Crippen LogP contribution in [0.1, 0.15) is 103 Å². The van der Waals surface area contributed by atoms with E-state index in [0.29, 0.717) is 25.0 Å². The lowest BCUT2D eigenvalue weighted by molar-refractivity contribution is 0.0730. The number of rotatable bonds is 10. The summed E-state index contributed by atoms with van der Waals surface area (Å²) in [6.07, 6.45) is 16.8. The zero-order valence-corrected chi connectivity index (χ0v) is 25.4. The van der Waals surface area contributed by atoms with Gasteiger partial charge in [0.1, 0.15) is 0 Å². The molecule has 2 fully saturated rings. The predicted octanol–water partition coefficient (Wildman–Crippen LogP) is 9.06. The molecule has 2 aliphatic carbocycles. The fraction of sp³-hybridized carbons (Fsp3) is 0.385. The van der Waals surface area contributed by atoms with Crippen molar-refractivity contribution in [1.82, 2.24) is 15.2 Å². The van der Waals surface area contributed by atoms with Crippen LogP contribution in [0.2, 0.25) is 0 Å². The van der Waals surface area contributed by atoms with Crippen molar-refractivity contribution >= 4 is 5.91 Å². The quantitative estimate of drug-likeness (QED) is 0.206. The van der Waals surface area contributed by atoms with Crippen molar-refractivity contribution in [3.63, 3.8) is 0 Å². The molecule has 1 N–H and O–H groups in total. The Labute approximate surface area is 257 Å². The van der Waals surface area contributed by atoms with Crippen LogP contribution in [0.5, 0.6) is 0 Å². The normalized spacial score (nSPS) is 16.2. The zero-order chi connectivity index (χ0) is 29.3. The second kappa shape index (κ2) is 14.6. The molecule has 0 aliphatic heterocycles. The average Bonchev–Trinajstić information content (AvgIpc) is 3.09. The van der Waals surface area contributed by atoms with E-state index in [9.17, 15) is 4.79 Å².